The van der Waals surface area contributed by atoms with Gasteiger partial charge < -0.3 is 21.3 Å². The first kappa shape index (κ1) is 26.7. The molecule has 0 radical (unpaired) electrons. The standard InChI is InChI=1S/C32H34N6O3/c1-33-18-19-6-8-21(9-7-19)28-26(29-27-24(32(41)38-37-29)4-2-5-25(27)36-28)20-10-12-22(13-11-20)30(39)34-16-3-17-35-31(40)23-14-15-23/h2,4-13,23,26,28,33,36H,3,14-18H2,1H3,(H,34,39)(H,35,40)(H,38,41). The van der Waals surface area contributed by atoms with Gasteiger partial charge >= 0.3 is 0 Å². The van der Waals surface area contributed by atoms with Gasteiger partial charge in [-0.2, -0.15) is 5.10 Å². The zero-order chi connectivity index (χ0) is 28.3. The number of hydrogen-bond donors (Lipinski definition) is 5. The predicted molar refractivity (Wildman–Crippen MR) is 159 cm³/mol. The molecule has 1 saturated carbocycles. The lowest BCUT2D eigenvalue weighted by Gasteiger charge is -2.35. The lowest BCUT2D eigenvalue weighted by molar-refractivity contribution is -0.122. The Balaban J connectivity index is 1.24. The van der Waals surface area contributed by atoms with Gasteiger partial charge in [-0.3, -0.25) is 14.4 Å². The van der Waals surface area contributed by atoms with E-state index in [4.69, 9.17) is 0 Å². The second-order valence-corrected chi connectivity index (χ2v) is 10.8. The summed E-state index contributed by atoms with van der Waals surface area (Å²) in [6, 6.07) is 21.6. The molecule has 6 rings (SSSR count). The Morgan fingerprint density at radius 3 is 2.39 bits per heavy atom. The van der Waals surface area contributed by atoms with Gasteiger partial charge in [0, 0.05) is 42.2 Å². The zero-order valence-electron chi connectivity index (χ0n) is 23.0. The molecule has 0 bridgehead atoms. The zero-order valence-corrected chi connectivity index (χ0v) is 23.0. The molecule has 3 aromatic carbocycles. The number of hydrogen-bond acceptors (Lipinski definition) is 6. The monoisotopic (exact) mass is 550 g/mol. The molecule has 5 N–H and O–H groups in total. The summed E-state index contributed by atoms with van der Waals surface area (Å²) in [5.41, 5.74) is 5.28. The van der Waals surface area contributed by atoms with E-state index in [2.05, 4.69) is 55.7 Å². The summed E-state index contributed by atoms with van der Waals surface area (Å²) in [6.45, 7) is 1.83. The van der Waals surface area contributed by atoms with E-state index >= 15 is 0 Å². The van der Waals surface area contributed by atoms with Crippen LogP contribution in [-0.2, 0) is 11.3 Å². The van der Waals surface area contributed by atoms with E-state index in [1.165, 1.54) is 5.56 Å². The lowest BCUT2D eigenvalue weighted by Crippen LogP contribution is -2.30. The highest BCUT2D eigenvalue weighted by Crippen LogP contribution is 2.46. The molecule has 2 unspecified atom stereocenters. The van der Waals surface area contributed by atoms with Crippen molar-refractivity contribution in [2.24, 2.45) is 5.92 Å². The molecule has 41 heavy (non-hydrogen) atoms. The van der Waals surface area contributed by atoms with Gasteiger partial charge in [0.2, 0.25) is 5.91 Å². The highest BCUT2D eigenvalue weighted by Gasteiger charge is 2.35. The van der Waals surface area contributed by atoms with E-state index in [-0.39, 0.29) is 35.3 Å². The van der Waals surface area contributed by atoms with Crippen LogP contribution in [-0.4, -0.2) is 42.1 Å². The maximum absolute atomic E-state index is 12.8. The van der Waals surface area contributed by atoms with E-state index in [0.29, 0.717) is 30.5 Å². The largest absolute Gasteiger partial charge is 0.377 e. The number of aromatic amines is 1. The van der Waals surface area contributed by atoms with Crippen LogP contribution in [0.25, 0.3) is 10.8 Å². The summed E-state index contributed by atoms with van der Waals surface area (Å²) < 4.78 is 0. The van der Waals surface area contributed by atoms with Gasteiger partial charge in [0.15, 0.2) is 0 Å². The number of carbonyl (C=O) groups excluding carboxylic acids is 2. The minimum absolute atomic E-state index is 0.119. The maximum atomic E-state index is 12.8. The van der Waals surface area contributed by atoms with Crippen molar-refractivity contribution in [2.75, 3.05) is 25.5 Å². The lowest BCUT2D eigenvalue weighted by atomic mass is 9.79. The molecule has 2 heterocycles. The van der Waals surface area contributed by atoms with E-state index in [1.807, 2.05) is 49.5 Å². The van der Waals surface area contributed by atoms with Gasteiger partial charge in [0.1, 0.15) is 0 Å². The van der Waals surface area contributed by atoms with Crippen LogP contribution < -0.4 is 26.8 Å². The third-order valence-electron chi connectivity index (χ3n) is 7.92. The number of anilines is 1. The Morgan fingerprint density at radius 1 is 0.927 bits per heavy atom. The van der Waals surface area contributed by atoms with Crippen molar-refractivity contribution in [3.8, 4) is 0 Å². The molecule has 0 spiro atoms. The molecule has 1 aliphatic carbocycles. The van der Waals surface area contributed by atoms with Crippen LogP contribution in [0, 0.1) is 5.92 Å². The average Bonchev–Trinajstić information content (AvgIpc) is 3.85. The van der Waals surface area contributed by atoms with Crippen molar-refractivity contribution in [3.63, 3.8) is 0 Å². The topological polar surface area (TPSA) is 128 Å². The molecular weight excluding hydrogens is 516 g/mol. The highest BCUT2D eigenvalue weighted by molar-refractivity contribution is 5.97. The molecule has 2 aliphatic rings. The van der Waals surface area contributed by atoms with Gasteiger partial charge in [-0.15, -0.1) is 0 Å². The molecule has 1 fully saturated rings. The van der Waals surface area contributed by atoms with E-state index in [0.717, 1.165) is 47.3 Å². The Kier molecular flexibility index (Phi) is 7.52. The first-order valence-corrected chi connectivity index (χ1v) is 14.2. The Bertz CT molecular complexity index is 1630. The van der Waals surface area contributed by atoms with Gasteiger partial charge in [-0.1, -0.05) is 42.5 Å². The molecule has 0 saturated heterocycles. The van der Waals surface area contributed by atoms with Crippen molar-refractivity contribution in [1.29, 1.82) is 0 Å². The fourth-order valence-electron chi connectivity index (χ4n) is 5.61. The third-order valence-corrected chi connectivity index (χ3v) is 7.92. The van der Waals surface area contributed by atoms with E-state index in [1.54, 1.807) is 0 Å². The normalized spacial score (nSPS) is 17.6. The summed E-state index contributed by atoms with van der Waals surface area (Å²) in [5.74, 6) is -0.0473. The first-order chi connectivity index (χ1) is 20.0. The highest BCUT2D eigenvalue weighted by atomic mass is 16.2. The predicted octanol–water partition coefficient (Wildman–Crippen LogP) is 3.59. The molecule has 9 heteroatoms. The number of H-pyrrole nitrogens is 1. The molecule has 2 amide bonds. The van der Waals surface area contributed by atoms with Crippen LogP contribution in [0.3, 0.4) is 0 Å². The molecule has 4 aromatic rings. The van der Waals surface area contributed by atoms with Crippen LogP contribution in [0.2, 0.25) is 0 Å². The summed E-state index contributed by atoms with van der Waals surface area (Å²) >= 11 is 0. The third kappa shape index (κ3) is 5.58. The molecule has 9 nitrogen and oxygen atoms in total. The van der Waals surface area contributed by atoms with Crippen molar-refractivity contribution in [2.45, 2.75) is 37.8 Å². The summed E-state index contributed by atoms with van der Waals surface area (Å²) in [7, 11) is 1.93. The van der Waals surface area contributed by atoms with Gasteiger partial charge in [-0.05, 0) is 67.3 Å². The number of aromatic nitrogens is 2. The number of nitrogens with one attached hydrogen (secondary N) is 5. The molecule has 2 atom stereocenters. The number of carbonyl (C=O) groups is 2. The van der Waals surface area contributed by atoms with Crippen LogP contribution in [0.1, 0.15) is 64.0 Å². The molecule has 210 valence electrons. The van der Waals surface area contributed by atoms with Gasteiger partial charge in [0.05, 0.1) is 23.0 Å². The van der Waals surface area contributed by atoms with E-state index in [9.17, 15) is 14.4 Å². The quantitative estimate of drug-likeness (QED) is 0.192. The minimum atomic E-state index is -0.222. The summed E-state index contributed by atoms with van der Waals surface area (Å²) in [5, 5.41) is 21.4. The molecule has 1 aliphatic heterocycles. The second-order valence-electron chi connectivity index (χ2n) is 10.8. The van der Waals surface area contributed by atoms with Crippen LogP contribution in [0.5, 0.6) is 0 Å². The summed E-state index contributed by atoms with van der Waals surface area (Å²) in [6.07, 6.45) is 2.64. The Morgan fingerprint density at radius 2 is 1.66 bits per heavy atom. The van der Waals surface area contributed by atoms with Crippen LogP contribution >= 0.6 is 0 Å². The van der Waals surface area contributed by atoms with Gasteiger partial charge in [-0.25, -0.2) is 5.10 Å². The van der Waals surface area contributed by atoms with Gasteiger partial charge in [0.25, 0.3) is 11.5 Å². The fourth-order valence-corrected chi connectivity index (χ4v) is 5.61. The number of amides is 2. The maximum Gasteiger partial charge on any atom is 0.272 e. The van der Waals surface area contributed by atoms with Crippen LogP contribution in [0.15, 0.2) is 71.5 Å². The van der Waals surface area contributed by atoms with Crippen molar-refractivity contribution in [3.05, 3.63) is 105 Å². The Labute approximate surface area is 238 Å². The Hall–Kier alpha value is -4.50. The fraction of sp³-hybridized carbons (Fsp3) is 0.312. The number of benzene rings is 3. The summed E-state index contributed by atoms with van der Waals surface area (Å²) in [4.78, 5) is 37.2. The van der Waals surface area contributed by atoms with E-state index < -0.39 is 0 Å². The first-order valence-electron chi connectivity index (χ1n) is 14.2. The van der Waals surface area contributed by atoms with Crippen molar-refractivity contribution >= 4 is 28.3 Å². The average molecular weight is 551 g/mol. The smallest absolute Gasteiger partial charge is 0.272 e. The number of rotatable bonds is 10. The SMILES string of the molecule is CNCc1ccc(C2Nc3cccc4c(=O)[nH]nc(c34)C2c2ccc(C(=O)NCCCNC(=O)C3CC3)cc2)cc1. The molecular formula is C32H34N6O3. The molecule has 1 aromatic heterocycles. The van der Waals surface area contributed by atoms with Crippen molar-refractivity contribution in [1.82, 2.24) is 26.1 Å². The number of nitrogens with zero attached hydrogens (tertiary/aromatic N) is 1. The second kappa shape index (κ2) is 11.5. The minimum Gasteiger partial charge on any atom is -0.377 e. The van der Waals surface area contributed by atoms with Crippen molar-refractivity contribution < 1.29 is 9.59 Å². The van der Waals surface area contributed by atoms with Crippen LogP contribution in [0.4, 0.5) is 5.69 Å².